The van der Waals surface area contributed by atoms with E-state index >= 15 is 0 Å². The lowest BCUT2D eigenvalue weighted by molar-refractivity contribution is 0.108. The highest BCUT2D eigenvalue weighted by atomic mass is 32.2. The standard InChI is InChI=1S/C13H16O2S/c1-10(2)7-8-16-13(15)12-5-3-11(9-14)4-6-12/h3-6,9-10H,7-8H2,1-2H3. The van der Waals surface area contributed by atoms with Gasteiger partial charge in [0.15, 0.2) is 0 Å². The molecule has 0 bridgehead atoms. The van der Waals surface area contributed by atoms with Gasteiger partial charge in [-0.2, -0.15) is 0 Å². The molecule has 0 aliphatic rings. The molecular formula is C13H16O2S. The smallest absolute Gasteiger partial charge is 0.219 e. The molecule has 0 spiro atoms. The number of rotatable bonds is 5. The Labute approximate surface area is 100 Å². The van der Waals surface area contributed by atoms with Gasteiger partial charge >= 0.3 is 0 Å². The summed E-state index contributed by atoms with van der Waals surface area (Å²) in [5.74, 6) is 1.48. The lowest BCUT2D eigenvalue weighted by Crippen LogP contribution is -1.97. The van der Waals surface area contributed by atoms with Crippen LogP contribution in [-0.2, 0) is 0 Å². The Balaban J connectivity index is 2.49. The van der Waals surface area contributed by atoms with Crippen molar-refractivity contribution in [3.8, 4) is 0 Å². The van der Waals surface area contributed by atoms with Crippen molar-refractivity contribution >= 4 is 23.2 Å². The number of benzene rings is 1. The quantitative estimate of drug-likeness (QED) is 0.735. The fraction of sp³-hybridized carbons (Fsp3) is 0.385. The van der Waals surface area contributed by atoms with Crippen molar-refractivity contribution in [2.75, 3.05) is 5.75 Å². The summed E-state index contributed by atoms with van der Waals surface area (Å²) in [6.07, 6.45) is 1.82. The summed E-state index contributed by atoms with van der Waals surface area (Å²) >= 11 is 1.34. The van der Waals surface area contributed by atoms with Gasteiger partial charge in [-0.05, 0) is 24.5 Å². The molecule has 1 aromatic carbocycles. The highest BCUT2D eigenvalue weighted by molar-refractivity contribution is 8.14. The van der Waals surface area contributed by atoms with Crippen molar-refractivity contribution in [1.82, 2.24) is 0 Å². The van der Waals surface area contributed by atoms with E-state index in [1.165, 1.54) is 11.8 Å². The van der Waals surface area contributed by atoms with Crippen LogP contribution >= 0.6 is 11.8 Å². The van der Waals surface area contributed by atoms with Gasteiger partial charge in [0.05, 0.1) is 0 Å². The minimum Gasteiger partial charge on any atom is -0.298 e. The molecule has 0 atom stereocenters. The molecule has 0 unspecified atom stereocenters. The van der Waals surface area contributed by atoms with E-state index < -0.39 is 0 Å². The molecule has 0 amide bonds. The van der Waals surface area contributed by atoms with Gasteiger partial charge in [0, 0.05) is 16.9 Å². The van der Waals surface area contributed by atoms with Crippen molar-refractivity contribution in [1.29, 1.82) is 0 Å². The highest BCUT2D eigenvalue weighted by Crippen LogP contribution is 2.15. The van der Waals surface area contributed by atoms with E-state index in [4.69, 9.17) is 0 Å². The minimum absolute atomic E-state index is 0.0816. The molecule has 1 rings (SSSR count). The number of carbonyl (C=O) groups is 2. The molecule has 0 heterocycles. The number of aldehydes is 1. The van der Waals surface area contributed by atoms with Crippen LogP contribution in [0, 0.1) is 5.92 Å². The Bertz CT molecular complexity index is 355. The number of hydrogen-bond donors (Lipinski definition) is 0. The van der Waals surface area contributed by atoms with Gasteiger partial charge < -0.3 is 0 Å². The van der Waals surface area contributed by atoms with Crippen LogP contribution in [-0.4, -0.2) is 17.2 Å². The molecule has 0 saturated carbocycles. The molecule has 1 aromatic rings. The van der Waals surface area contributed by atoms with Gasteiger partial charge in [0.1, 0.15) is 6.29 Å². The largest absolute Gasteiger partial charge is 0.298 e. The van der Waals surface area contributed by atoms with Gasteiger partial charge in [0.25, 0.3) is 0 Å². The van der Waals surface area contributed by atoms with Crippen LogP contribution in [0.25, 0.3) is 0 Å². The van der Waals surface area contributed by atoms with Gasteiger partial charge in [-0.1, -0.05) is 37.7 Å². The summed E-state index contributed by atoms with van der Waals surface area (Å²) in [4.78, 5) is 22.1. The van der Waals surface area contributed by atoms with Crippen molar-refractivity contribution in [3.63, 3.8) is 0 Å². The zero-order valence-electron chi connectivity index (χ0n) is 9.60. The molecule has 16 heavy (non-hydrogen) atoms. The molecule has 3 heteroatoms. The highest BCUT2D eigenvalue weighted by Gasteiger charge is 2.06. The maximum atomic E-state index is 11.7. The Hall–Kier alpha value is -1.09. The lowest BCUT2D eigenvalue weighted by atomic mass is 10.2. The molecule has 0 aliphatic carbocycles. The number of thioether (sulfide) groups is 1. The normalized spacial score (nSPS) is 10.4. The van der Waals surface area contributed by atoms with Crippen LogP contribution < -0.4 is 0 Å². The average molecular weight is 236 g/mol. The molecule has 0 radical (unpaired) electrons. The summed E-state index contributed by atoms with van der Waals surface area (Å²) in [5.41, 5.74) is 1.27. The van der Waals surface area contributed by atoms with Gasteiger partial charge in [-0.3, -0.25) is 9.59 Å². The Morgan fingerprint density at radius 3 is 2.44 bits per heavy atom. The van der Waals surface area contributed by atoms with Crippen molar-refractivity contribution in [2.24, 2.45) is 5.92 Å². The van der Waals surface area contributed by atoms with Crippen molar-refractivity contribution in [2.45, 2.75) is 20.3 Å². The maximum absolute atomic E-state index is 11.7. The molecule has 0 N–H and O–H groups in total. The predicted molar refractivity (Wildman–Crippen MR) is 68.1 cm³/mol. The van der Waals surface area contributed by atoms with E-state index in [2.05, 4.69) is 13.8 Å². The molecule has 2 nitrogen and oxygen atoms in total. The van der Waals surface area contributed by atoms with Crippen LogP contribution in [0.1, 0.15) is 41.0 Å². The zero-order chi connectivity index (χ0) is 12.0. The third kappa shape index (κ3) is 4.19. The van der Waals surface area contributed by atoms with E-state index in [0.29, 0.717) is 17.0 Å². The predicted octanol–water partition coefficient (Wildman–Crippen LogP) is 3.42. The number of hydrogen-bond acceptors (Lipinski definition) is 3. The van der Waals surface area contributed by atoms with E-state index in [1.54, 1.807) is 24.3 Å². The van der Waals surface area contributed by atoms with Crippen LogP contribution in [0.3, 0.4) is 0 Å². The second-order valence-corrected chi connectivity index (χ2v) is 5.13. The molecule has 86 valence electrons. The van der Waals surface area contributed by atoms with Gasteiger partial charge in [-0.25, -0.2) is 0 Å². The maximum Gasteiger partial charge on any atom is 0.219 e. The second kappa shape index (κ2) is 6.48. The molecule has 0 fully saturated rings. The van der Waals surface area contributed by atoms with Crippen LogP contribution in [0.4, 0.5) is 0 Å². The van der Waals surface area contributed by atoms with Crippen molar-refractivity contribution in [3.05, 3.63) is 35.4 Å². The summed E-state index contributed by atoms with van der Waals surface area (Å²) in [5, 5.41) is 0.0816. The lowest BCUT2D eigenvalue weighted by Gasteiger charge is -2.03. The third-order valence-electron chi connectivity index (χ3n) is 2.21. The first-order valence-electron chi connectivity index (χ1n) is 5.36. The minimum atomic E-state index is 0.0816. The first kappa shape index (κ1) is 13.0. The summed E-state index contributed by atoms with van der Waals surface area (Å²) in [6.45, 7) is 4.29. The zero-order valence-corrected chi connectivity index (χ0v) is 10.4. The fourth-order valence-corrected chi connectivity index (χ4v) is 2.25. The second-order valence-electron chi connectivity index (χ2n) is 4.06. The Morgan fingerprint density at radius 1 is 1.31 bits per heavy atom. The first-order valence-corrected chi connectivity index (χ1v) is 6.34. The van der Waals surface area contributed by atoms with Crippen LogP contribution in [0.15, 0.2) is 24.3 Å². The first-order chi connectivity index (χ1) is 7.63. The van der Waals surface area contributed by atoms with E-state index in [0.717, 1.165) is 18.5 Å². The van der Waals surface area contributed by atoms with E-state index in [9.17, 15) is 9.59 Å². The fourth-order valence-electron chi connectivity index (χ4n) is 1.17. The topological polar surface area (TPSA) is 34.1 Å². The monoisotopic (exact) mass is 236 g/mol. The molecule has 0 saturated heterocycles. The van der Waals surface area contributed by atoms with Crippen LogP contribution in [0.5, 0.6) is 0 Å². The third-order valence-corrected chi connectivity index (χ3v) is 3.15. The van der Waals surface area contributed by atoms with Gasteiger partial charge in [-0.15, -0.1) is 0 Å². The van der Waals surface area contributed by atoms with E-state index in [1.807, 2.05) is 0 Å². The van der Waals surface area contributed by atoms with Gasteiger partial charge in [0.2, 0.25) is 5.12 Å². The average Bonchev–Trinajstić information content (AvgIpc) is 2.28. The molecule has 0 aliphatic heterocycles. The Kier molecular flexibility index (Phi) is 5.26. The van der Waals surface area contributed by atoms with E-state index in [-0.39, 0.29) is 5.12 Å². The number of carbonyl (C=O) groups excluding carboxylic acids is 2. The SMILES string of the molecule is CC(C)CCSC(=O)c1ccc(C=O)cc1. The summed E-state index contributed by atoms with van der Waals surface area (Å²) in [6, 6.07) is 6.75. The summed E-state index contributed by atoms with van der Waals surface area (Å²) in [7, 11) is 0. The molecule has 0 aromatic heterocycles. The van der Waals surface area contributed by atoms with Crippen LogP contribution in [0.2, 0.25) is 0 Å². The summed E-state index contributed by atoms with van der Waals surface area (Å²) < 4.78 is 0. The van der Waals surface area contributed by atoms with Crippen molar-refractivity contribution < 1.29 is 9.59 Å². The molecular weight excluding hydrogens is 220 g/mol. The Morgan fingerprint density at radius 2 is 1.94 bits per heavy atom.